The molecule has 7 nitrogen and oxygen atoms in total. The van der Waals surface area contributed by atoms with Crippen molar-refractivity contribution in [1.29, 1.82) is 0 Å². The number of benzene rings is 1. The van der Waals surface area contributed by atoms with E-state index in [1.165, 1.54) is 4.90 Å². The number of nitrogens with zero attached hydrogens (tertiary/aromatic N) is 3. The molecule has 1 atom stereocenters. The van der Waals surface area contributed by atoms with Crippen LogP contribution in [-0.2, 0) is 0 Å². The van der Waals surface area contributed by atoms with Crippen LogP contribution in [0.2, 0.25) is 0 Å². The number of rotatable bonds is 4. The third-order valence-corrected chi connectivity index (χ3v) is 4.69. The highest BCUT2D eigenvalue weighted by Gasteiger charge is 2.23. The van der Waals surface area contributed by atoms with Gasteiger partial charge in [0.1, 0.15) is 0 Å². The molecule has 1 aliphatic heterocycles. The molecular weight excluding hydrogens is 318 g/mol. The number of aromatic amines is 1. The van der Waals surface area contributed by atoms with Crippen molar-refractivity contribution >= 4 is 17.5 Å². The fraction of sp³-hybridized carbons (Fsp3) is 0.389. The van der Waals surface area contributed by atoms with Crippen LogP contribution in [0.4, 0.5) is 5.69 Å². The Morgan fingerprint density at radius 2 is 1.80 bits per heavy atom. The van der Waals surface area contributed by atoms with Crippen molar-refractivity contribution in [2.24, 2.45) is 0 Å². The molecule has 2 amide bonds. The summed E-state index contributed by atoms with van der Waals surface area (Å²) in [4.78, 5) is 28.4. The van der Waals surface area contributed by atoms with Crippen LogP contribution in [0.1, 0.15) is 33.6 Å². The number of carbonyl (C=O) groups excluding carboxylic acids is 2. The quantitative estimate of drug-likeness (QED) is 0.883. The zero-order valence-corrected chi connectivity index (χ0v) is 14.5. The van der Waals surface area contributed by atoms with E-state index in [4.69, 9.17) is 0 Å². The Morgan fingerprint density at radius 3 is 2.36 bits per heavy atom. The minimum atomic E-state index is -0.148. The summed E-state index contributed by atoms with van der Waals surface area (Å²) in [6, 6.07) is 7.03. The molecule has 0 bridgehead atoms. The van der Waals surface area contributed by atoms with Gasteiger partial charge in [-0.2, -0.15) is 5.10 Å². The number of piperidine rings is 1. The van der Waals surface area contributed by atoms with Crippen LogP contribution in [0.3, 0.4) is 0 Å². The highest BCUT2D eigenvalue weighted by molar-refractivity contribution is 6.06. The van der Waals surface area contributed by atoms with Crippen molar-refractivity contribution in [2.75, 3.05) is 32.1 Å². The molecule has 3 rings (SSSR count). The molecule has 1 unspecified atom stereocenters. The molecule has 1 fully saturated rings. The molecular formula is C18H23N5O2. The van der Waals surface area contributed by atoms with Gasteiger partial charge in [0, 0.05) is 44.0 Å². The summed E-state index contributed by atoms with van der Waals surface area (Å²) in [5.41, 5.74) is 1.81. The molecule has 0 spiro atoms. The van der Waals surface area contributed by atoms with E-state index < -0.39 is 0 Å². The van der Waals surface area contributed by atoms with Gasteiger partial charge in [-0.25, -0.2) is 0 Å². The minimum absolute atomic E-state index is 0.0177. The zero-order valence-electron chi connectivity index (χ0n) is 14.5. The Balaban J connectivity index is 1.69. The first-order valence-corrected chi connectivity index (χ1v) is 8.42. The van der Waals surface area contributed by atoms with Crippen LogP contribution in [0, 0.1) is 0 Å². The average molecular weight is 341 g/mol. The van der Waals surface area contributed by atoms with E-state index in [9.17, 15) is 9.59 Å². The second-order valence-corrected chi connectivity index (χ2v) is 6.31. The highest BCUT2D eigenvalue weighted by Crippen LogP contribution is 2.16. The predicted octanol–water partition coefficient (Wildman–Crippen LogP) is 1.51. The number of hydrogen-bond acceptors (Lipinski definition) is 4. The molecule has 2 heterocycles. The Kier molecular flexibility index (Phi) is 5.14. The predicted molar refractivity (Wildman–Crippen MR) is 95.7 cm³/mol. The number of likely N-dealkylation sites (N-methyl/N-ethyl adjacent to an activating group) is 1. The van der Waals surface area contributed by atoms with Crippen LogP contribution in [0.25, 0.3) is 0 Å². The molecule has 2 aromatic rings. The number of anilines is 1. The van der Waals surface area contributed by atoms with Crippen molar-refractivity contribution < 1.29 is 9.59 Å². The monoisotopic (exact) mass is 341 g/mol. The second-order valence-electron chi connectivity index (χ2n) is 6.31. The largest absolute Gasteiger partial charge is 0.337 e. The molecule has 1 aromatic carbocycles. The van der Waals surface area contributed by atoms with Gasteiger partial charge >= 0.3 is 0 Å². The SMILES string of the molecule is CN(C(=O)c1ccc(C(=O)N(C)C2CCCNC2)cc1)c1cn[nH]c1. The summed E-state index contributed by atoms with van der Waals surface area (Å²) in [5, 5.41) is 9.85. The van der Waals surface area contributed by atoms with Gasteiger partial charge in [-0.15, -0.1) is 0 Å². The number of carbonyl (C=O) groups is 2. The fourth-order valence-corrected chi connectivity index (χ4v) is 3.03. The molecule has 2 N–H and O–H groups in total. The molecule has 0 saturated carbocycles. The molecule has 7 heteroatoms. The molecule has 132 valence electrons. The van der Waals surface area contributed by atoms with E-state index >= 15 is 0 Å². The Hall–Kier alpha value is -2.67. The first-order valence-electron chi connectivity index (χ1n) is 8.42. The first kappa shape index (κ1) is 17.2. The lowest BCUT2D eigenvalue weighted by Gasteiger charge is -2.31. The van der Waals surface area contributed by atoms with Crippen molar-refractivity contribution in [3.63, 3.8) is 0 Å². The number of nitrogens with one attached hydrogen (secondary N) is 2. The summed E-state index contributed by atoms with van der Waals surface area (Å²) in [6.07, 6.45) is 5.34. The van der Waals surface area contributed by atoms with Gasteiger partial charge < -0.3 is 15.1 Å². The van der Waals surface area contributed by atoms with Gasteiger partial charge in [0.15, 0.2) is 0 Å². The normalized spacial score (nSPS) is 17.1. The van der Waals surface area contributed by atoms with Crippen molar-refractivity contribution in [3.8, 4) is 0 Å². The third-order valence-electron chi connectivity index (χ3n) is 4.69. The lowest BCUT2D eigenvalue weighted by molar-refractivity contribution is 0.0708. The van der Waals surface area contributed by atoms with Crippen LogP contribution < -0.4 is 10.2 Å². The summed E-state index contributed by atoms with van der Waals surface area (Å²) < 4.78 is 0. The number of amides is 2. The molecule has 0 aliphatic carbocycles. The van der Waals surface area contributed by atoms with Crippen LogP contribution in [0.15, 0.2) is 36.7 Å². The smallest absolute Gasteiger partial charge is 0.258 e. The van der Waals surface area contributed by atoms with Crippen LogP contribution in [-0.4, -0.2) is 60.1 Å². The Labute approximate surface area is 147 Å². The summed E-state index contributed by atoms with van der Waals surface area (Å²) >= 11 is 0. The Bertz CT molecular complexity index is 720. The summed E-state index contributed by atoms with van der Waals surface area (Å²) in [6.45, 7) is 1.84. The van der Waals surface area contributed by atoms with Gasteiger partial charge in [-0.05, 0) is 43.7 Å². The molecule has 1 aliphatic rings. The van der Waals surface area contributed by atoms with Crippen molar-refractivity contribution in [2.45, 2.75) is 18.9 Å². The van der Waals surface area contributed by atoms with Crippen LogP contribution >= 0.6 is 0 Å². The van der Waals surface area contributed by atoms with Gasteiger partial charge in [0.2, 0.25) is 0 Å². The standard InChI is InChI=1S/C18H23N5O2/c1-22(15-4-3-9-19-10-15)17(24)13-5-7-14(8-6-13)18(25)23(2)16-11-20-21-12-16/h5-8,11-12,15,19H,3-4,9-10H2,1-2H3,(H,20,21). The van der Waals surface area contributed by atoms with E-state index in [0.29, 0.717) is 16.8 Å². The zero-order chi connectivity index (χ0) is 17.8. The topological polar surface area (TPSA) is 81.3 Å². The van der Waals surface area contributed by atoms with E-state index in [1.807, 2.05) is 7.05 Å². The molecule has 25 heavy (non-hydrogen) atoms. The lowest BCUT2D eigenvalue weighted by atomic mass is 10.0. The van der Waals surface area contributed by atoms with E-state index in [0.717, 1.165) is 25.9 Å². The van der Waals surface area contributed by atoms with E-state index in [-0.39, 0.29) is 17.9 Å². The van der Waals surface area contributed by atoms with Gasteiger partial charge in [0.05, 0.1) is 11.9 Å². The average Bonchev–Trinajstić information content (AvgIpc) is 3.21. The molecule has 1 aromatic heterocycles. The van der Waals surface area contributed by atoms with Crippen molar-refractivity contribution in [3.05, 3.63) is 47.8 Å². The highest BCUT2D eigenvalue weighted by atomic mass is 16.2. The maximum absolute atomic E-state index is 12.6. The number of aromatic nitrogens is 2. The molecule has 0 radical (unpaired) electrons. The fourth-order valence-electron chi connectivity index (χ4n) is 3.03. The maximum atomic E-state index is 12.6. The summed E-state index contributed by atoms with van der Waals surface area (Å²) in [5.74, 6) is -0.166. The first-order chi connectivity index (χ1) is 12.1. The van der Waals surface area contributed by atoms with Gasteiger partial charge in [-0.3, -0.25) is 14.7 Å². The number of H-pyrrole nitrogens is 1. The Morgan fingerprint density at radius 1 is 1.12 bits per heavy atom. The summed E-state index contributed by atoms with van der Waals surface area (Å²) in [7, 11) is 3.53. The van der Waals surface area contributed by atoms with Gasteiger partial charge in [0.25, 0.3) is 11.8 Å². The van der Waals surface area contributed by atoms with Crippen molar-refractivity contribution in [1.82, 2.24) is 20.4 Å². The maximum Gasteiger partial charge on any atom is 0.258 e. The van der Waals surface area contributed by atoms with Crippen LogP contribution in [0.5, 0.6) is 0 Å². The third kappa shape index (κ3) is 3.71. The van der Waals surface area contributed by atoms with E-state index in [2.05, 4.69) is 15.5 Å². The number of hydrogen-bond donors (Lipinski definition) is 2. The van der Waals surface area contributed by atoms with E-state index in [1.54, 1.807) is 48.6 Å². The molecule has 1 saturated heterocycles. The second kappa shape index (κ2) is 7.48. The minimum Gasteiger partial charge on any atom is -0.337 e. The lowest BCUT2D eigenvalue weighted by Crippen LogP contribution is -2.46. The van der Waals surface area contributed by atoms with Gasteiger partial charge in [-0.1, -0.05) is 0 Å².